The number of carbonyl (C=O) groups excluding carboxylic acids is 2. The van der Waals surface area contributed by atoms with E-state index in [4.69, 9.17) is 4.74 Å². The van der Waals surface area contributed by atoms with Crippen molar-refractivity contribution in [2.24, 2.45) is 0 Å². The summed E-state index contributed by atoms with van der Waals surface area (Å²) in [6.45, 7) is 0. The predicted octanol–water partition coefficient (Wildman–Crippen LogP) is 4.95. The number of ether oxygens (including phenoxy) is 1. The van der Waals surface area contributed by atoms with Crippen molar-refractivity contribution in [1.82, 2.24) is 0 Å². The molecule has 1 N–H and O–H groups in total. The van der Waals surface area contributed by atoms with Gasteiger partial charge in [-0.05, 0) is 35.9 Å². The first-order valence-electron chi connectivity index (χ1n) is 8.43. The third-order valence-electron chi connectivity index (χ3n) is 3.89. The molecule has 0 aliphatic carbocycles. The predicted molar refractivity (Wildman–Crippen MR) is 108 cm³/mol. The number of thioether (sulfide) groups is 1. The van der Waals surface area contributed by atoms with Crippen molar-refractivity contribution >= 4 is 29.3 Å². The maximum absolute atomic E-state index is 13.0. The van der Waals surface area contributed by atoms with E-state index in [1.165, 1.54) is 18.9 Å². The highest BCUT2D eigenvalue weighted by molar-refractivity contribution is 8.00. The summed E-state index contributed by atoms with van der Waals surface area (Å²) in [5.74, 6) is -0.596. The van der Waals surface area contributed by atoms with Gasteiger partial charge in [-0.1, -0.05) is 54.6 Å². The van der Waals surface area contributed by atoms with Crippen molar-refractivity contribution in [3.8, 4) is 0 Å². The van der Waals surface area contributed by atoms with Crippen molar-refractivity contribution < 1.29 is 14.3 Å². The van der Waals surface area contributed by atoms with Crippen LogP contribution >= 0.6 is 11.8 Å². The molecule has 27 heavy (non-hydrogen) atoms. The maximum Gasteiger partial charge on any atom is 0.337 e. The minimum atomic E-state index is -0.440. The zero-order valence-corrected chi connectivity index (χ0v) is 15.6. The van der Waals surface area contributed by atoms with E-state index >= 15 is 0 Å². The summed E-state index contributed by atoms with van der Waals surface area (Å²) in [6, 6.07) is 26.1. The zero-order valence-electron chi connectivity index (χ0n) is 14.8. The van der Waals surface area contributed by atoms with Crippen LogP contribution < -0.4 is 5.32 Å². The largest absolute Gasteiger partial charge is 0.465 e. The molecule has 4 nitrogen and oxygen atoms in total. The lowest BCUT2D eigenvalue weighted by atomic mass is 10.1. The Hall–Kier alpha value is -3.05. The number of rotatable bonds is 6. The highest BCUT2D eigenvalue weighted by atomic mass is 32.2. The number of amides is 1. The molecule has 0 aromatic heterocycles. The third kappa shape index (κ3) is 4.99. The normalized spacial score (nSPS) is 11.4. The van der Waals surface area contributed by atoms with Crippen LogP contribution in [0.5, 0.6) is 0 Å². The van der Waals surface area contributed by atoms with Crippen LogP contribution in [0.1, 0.15) is 21.2 Å². The van der Waals surface area contributed by atoms with Crippen LogP contribution in [0.4, 0.5) is 5.69 Å². The number of methoxy groups -OCH3 is 1. The van der Waals surface area contributed by atoms with E-state index in [1.54, 1.807) is 24.3 Å². The number of esters is 1. The molecular weight excluding hydrogens is 358 g/mol. The summed E-state index contributed by atoms with van der Waals surface area (Å²) in [7, 11) is 1.33. The SMILES string of the molecule is COC(=O)c1cccc(NC(=O)C(Sc2ccccc2)c2ccccc2)c1. The van der Waals surface area contributed by atoms with Gasteiger partial charge in [0.25, 0.3) is 0 Å². The molecule has 0 saturated heterocycles. The van der Waals surface area contributed by atoms with Crippen LogP contribution in [0.2, 0.25) is 0 Å². The summed E-state index contributed by atoms with van der Waals surface area (Å²) < 4.78 is 4.74. The van der Waals surface area contributed by atoms with Gasteiger partial charge < -0.3 is 10.1 Å². The fraction of sp³-hybridized carbons (Fsp3) is 0.0909. The van der Waals surface area contributed by atoms with Gasteiger partial charge in [-0.3, -0.25) is 4.79 Å². The van der Waals surface area contributed by atoms with Crippen molar-refractivity contribution in [3.63, 3.8) is 0 Å². The van der Waals surface area contributed by atoms with E-state index in [9.17, 15) is 9.59 Å². The number of benzene rings is 3. The first-order valence-corrected chi connectivity index (χ1v) is 9.31. The second-order valence-corrected chi connectivity index (χ2v) is 6.96. The molecule has 0 radical (unpaired) electrons. The van der Waals surface area contributed by atoms with Crippen LogP contribution in [-0.2, 0) is 9.53 Å². The van der Waals surface area contributed by atoms with Crippen molar-refractivity contribution in [2.75, 3.05) is 12.4 Å². The van der Waals surface area contributed by atoms with E-state index < -0.39 is 11.2 Å². The van der Waals surface area contributed by atoms with Crippen LogP contribution in [0.15, 0.2) is 89.8 Å². The first-order chi connectivity index (χ1) is 13.2. The second-order valence-electron chi connectivity index (χ2n) is 5.78. The van der Waals surface area contributed by atoms with E-state index in [1.807, 2.05) is 60.7 Å². The van der Waals surface area contributed by atoms with E-state index in [2.05, 4.69) is 5.32 Å². The van der Waals surface area contributed by atoms with Gasteiger partial charge in [-0.2, -0.15) is 0 Å². The van der Waals surface area contributed by atoms with Crippen LogP contribution in [0.25, 0.3) is 0 Å². The van der Waals surface area contributed by atoms with Gasteiger partial charge in [0.05, 0.1) is 12.7 Å². The van der Waals surface area contributed by atoms with Gasteiger partial charge in [0.1, 0.15) is 5.25 Å². The standard InChI is InChI=1S/C22H19NO3S/c1-26-22(25)17-11-8-12-18(15-17)23-21(24)20(16-9-4-2-5-10-16)27-19-13-6-3-7-14-19/h2-15,20H,1H3,(H,23,24). The molecular formula is C22H19NO3S. The van der Waals surface area contributed by atoms with Crippen molar-refractivity contribution in [2.45, 2.75) is 10.1 Å². The smallest absolute Gasteiger partial charge is 0.337 e. The van der Waals surface area contributed by atoms with E-state index in [0.29, 0.717) is 11.3 Å². The summed E-state index contributed by atoms with van der Waals surface area (Å²) in [5, 5.41) is 2.49. The Balaban J connectivity index is 1.84. The average molecular weight is 377 g/mol. The first kappa shape index (κ1) is 18.7. The van der Waals surface area contributed by atoms with Gasteiger partial charge >= 0.3 is 5.97 Å². The molecule has 0 spiro atoms. The Morgan fingerprint density at radius 1 is 0.889 bits per heavy atom. The summed E-state index contributed by atoms with van der Waals surface area (Å²) >= 11 is 1.48. The Kier molecular flexibility index (Phi) is 6.28. The van der Waals surface area contributed by atoms with E-state index in [0.717, 1.165) is 10.5 Å². The molecule has 1 atom stereocenters. The molecule has 0 aliphatic heterocycles. The minimum Gasteiger partial charge on any atom is -0.465 e. The Bertz CT molecular complexity index is 913. The average Bonchev–Trinajstić information content (AvgIpc) is 2.73. The molecule has 3 aromatic carbocycles. The lowest BCUT2D eigenvalue weighted by Gasteiger charge is -2.17. The summed E-state index contributed by atoms with van der Waals surface area (Å²) in [6.07, 6.45) is 0. The van der Waals surface area contributed by atoms with Crippen LogP contribution in [0, 0.1) is 0 Å². The number of hydrogen-bond donors (Lipinski definition) is 1. The number of anilines is 1. The molecule has 136 valence electrons. The molecule has 0 saturated carbocycles. The molecule has 3 aromatic rings. The molecule has 1 unspecified atom stereocenters. The lowest BCUT2D eigenvalue weighted by molar-refractivity contribution is -0.115. The Morgan fingerprint density at radius 2 is 1.56 bits per heavy atom. The monoisotopic (exact) mass is 377 g/mol. The van der Waals surface area contributed by atoms with Crippen molar-refractivity contribution in [3.05, 3.63) is 96.1 Å². The summed E-state index contributed by atoms with van der Waals surface area (Å²) in [5.41, 5.74) is 1.85. The lowest BCUT2D eigenvalue weighted by Crippen LogP contribution is -2.19. The fourth-order valence-corrected chi connectivity index (χ4v) is 3.63. The van der Waals surface area contributed by atoms with Crippen LogP contribution in [0.3, 0.4) is 0 Å². The van der Waals surface area contributed by atoms with Crippen LogP contribution in [-0.4, -0.2) is 19.0 Å². The molecule has 3 rings (SSSR count). The number of nitrogens with one attached hydrogen (secondary N) is 1. The molecule has 1 amide bonds. The number of hydrogen-bond acceptors (Lipinski definition) is 4. The molecule has 0 heterocycles. The highest BCUT2D eigenvalue weighted by Crippen LogP contribution is 2.36. The van der Waals surface area contributed by atoms with Gasteiger partial charge in [0.15, 0.2) is 0 Å². The summed E-state index contributed by atoms with van der Waals surface area (Å²) in [4.78, 5) is 25.7. The van der Waals surface area contributed by atoms with Crippen molar-refractivity contribution in [1.29, 1.82) is 0 Å². The Morgan fingerprint density at radius 3 is 2.22 bits per heavy atom. The van der Waals surface area contributed by atoms with Gasteiger partial charge in [0, 0.05) is 10.6 Å². The Labute approximate surface area is 162 Å². The maximum atomic E-state index is 13.0. The molecule has 5 heteroatoms. The van der Waals surface area contributed by atoms with Gasteiger partial charge in [0.2, 0.25) is 5.91 Å². The second kappa shape index (κ2) is 9.05. The third-order valence-corrected chi connectivity index (χ3v) is 5.16. The fourth-order valence-electron chi connectivity index (χ4n) is 2.59. The topological polar surface area (TPSA) is 55.4 Å². The van der Waals surface area contributed by atoms with E-state index in [-0.39, 0.29) is 5.91 Å². The van der Waals surface area contributed by atoms with Gasteiger partial charge in [-0.25, -0.2) is 4.79 Å². The molecule has 0 bridgehead atoms. The molecule has 0 aliphatic rings. The molecule has 0 fully saturated rings. The number of carbonyl (C=O) groups is 2. The minimum absolute atomic E-state index is 0.155. The highest BCUT2D eigenvalue weighted by Gasteiger charge is 2.22. The zero-order chi connectivity index (χ0) is 19.1. The quantitative estimate of drug-likeness (QED) is 0.488. The van der Waals surface area contributed by atoms with Gasteiger partial charge in [-0.15, -0.1) is 11.8 Å².